The highest BCUT2D eigenvalue weighted by atomic mass is 16.6. The number of hydrogen-bond acceptors (Lipinski definition) is 7. The van der Waals surface area contributed by atoms with Crippen molar-refractivity contribution >= 4 is 17.4 Å². The molecule has 0 radical (unpaired) electrons. The summed E-state index contributed by atoms with van der Waals surface area (Å²) in [7, 11) is 0. The third-order valence-electron chi connectivity index (χ3n) is 5.80. The fourth-order valence-corrected chi connectivity index (χ4v) is 4.24. The van der Waals surface area contributed by atoms with Gasteiger partial charge >= 0.3 is 0 Å². The average Bonchev–Trinajstić information content (AvgIpc) is 3.49. The van der Waals surface area contributed by atoms with Crippen molar-refractivity contribution in [2.24, 2.45) is 0 Å². The Labute approximate surface area is 201 Å². The van der Waals surface area contributed by atoms with E-state index in [1.807, 2.05) is 0 Å². The van der Waals surface area contributed by atoms with Crippen molar-refractivity contribution in [1.82, 2.24) is 4.90 Å². The van der Waals surface area contributed by atoms with Crippen LogP contribution in [0.3, 0.4) is 0 Å². The van der Waals surface area contributed by atoms with E-state index in [2.05, 4.69) is 6.58 Å². The fraction of sp³-hybridized carbons (Fsp3) is 0.185. The number of carbonyl (C=O) groups excluding carboxylic acids is 2. The molecule has 3 aromatic rings. The second-order valence-electron chi connectivity index (χ2n) is 8.04. The number of amides is 1. The zero-order chi connectivity index (χ0) is 24.4. The minimum absolute atomic E-state index is 0.0286. The molecule has 1 N–H and O–H groups in total. The first kappa shape index (κ1) is 22.3. The van der Waals surface area contributed by atoms with Gasteiger partial charge in [0.1, 0.15) is 37.1 Å². The first-order chi connectivity index (χ1) is 17.1. The molecule has 0 spiro atoms. The van der Waals surface area contributed by atoms with Gasteiger partial charge in [0, 0.05) is 5.56 Å². The van der Waals surface area contributed by atoms with Crippen molar-refractivity contribution in [3.63, 3.8) is 0 Å². The number of Topliss-reactive ketones (excluding diaryl/α,β-unsaturated/α-hetero) is 1. The van der Waals surface area contributed by atoms with Gasteiger partial charge in [0.25, 0.3) is 11.7 Å². The van der Waals surface area contributed by atoms with Crippen molar-refractivity contribution in [2.75, 3.05) is 19.8 Å². The second-order valence-corrected chi connectivity index (χ2v) is 8.04. The Balaban J connectivity index is 1.62. The molecule has 2 aliphatic heterocycles. The molecule has 0 bridgehead atoms. The topological polar surface area (TPSA) is 98.4 Å². The number of ether oxygens (including phenoxy) is 3. The third kappa shape index (κ3) is 4.26. The number of nitrogens with zero attached hydrogens (tertiary/aromatic N) is 1. The van der Waals surface area contributed by atoms with E-state index in [9.17, 15) is 14.7 Å². The minimum Gasteiger partial charge on any atom is -0.507 e. The lowest BCUT2D eigenvalue weighted by atomic mass is 9.95. The average molecular weight is 473 g/mol. The largest absolute Gasteiger partial charge is 0.507 e. The van der Waals surface area contributed by atoms with Crippen molar-refractivity contribution in [3.8, 4) is 17.2 Å². The maximum atomic E-state index is 13.2. The standard InChI is InChI=1S/C27H23NO7/c1-2-10-32-19-6-3-5-17(14-19)24-23(26(30)27(31)28(24)16-20-7-4-11-33-20)25(29)18-8-9-21-22(15-18)35-13-12-34-21/h2-9,11,14-15,24,29H,1,10,12-13,16H2/t24-/m1/s1. The van der Waals surface area contributed by atoms with E-state index in [0.717, 1.165) is 0 Å². The Morgan fingerprint density at radius 1 is 1.09 bits per heavy atom. The highest BCUT2D eigenvalue weighted by molar-refractivity contribution is 6.46. The Bertz CT molecular complexity index is 1310. The van der Waals surface area contributed by atoms with Crippen LogP contribution in [-0.4, -0.2) is 41.5 Å². The van der Waals surface area contributed by atoms with Gasteiger partial charge in [0.2, 0.25) is 0 Å². The van der Waals surface area contributed by atoms with Gasteiger partial charge in [-0.3, -0.25) is 9.59 Å². The first-order valence-corrected chi connectivity index (χ1v) is 11.1. The molecular weight excluding hydrogens is 450 g/mol. The maximum absolute atomic E-state index is 13.2. The minimum atomic E-state index is -0.861. The Hall–Kier alpha value is -4.46. The number of aliphatic hydroxyl groups is 1. The molecular formula is C27H23NO7. The van der Waals surface area contributed by atoms with E-state index >= 15 is 0 Å². The molecule has 1 atom stereocenters. The van der Waals surface area contributed by atoms with Crippen molar-refractivity contribution in [2.45, 2.75) is 12.6 Å². The summed E-state index contributed by atoms with van der Waals surface area (Å²) in [6.45, 7) is 4.82. The molecule has 0 unspecified atom stereocenters. The van der Waals surface area contributed by atoms with Crippen LogP contribution in [0.15, 0.2) is 83.5 Å². The van der Waals surface area contributed by atoms with Crippen LogP contribution in [0.2, 0.25) is 0 Å². The Morgan fingerprint density at radius 2 is 1.91 bits per heavy atom. The number of rotatable bonds is 7. The number of furan rings is 1. The van der Waals surface area contributed by atoms with Crippen LogP contribution in [0.25, 0.3) is 5.76 Å². The summed E-state index contributed by atoms with van der Waals surface area (Å²) in [5.74, 6) is 0.246. The van der Waals surface area contributed by atoms with E-state index in [-0.39, 0.29) is 17.9 Å². The lowest BCUT2D eigenvalue weighted by Crippen LogP contribution is -2.29. The first-order valence-electron chi connectivity index (χ1n) is 11.1. The van der Waals surface area contributed by atoms with Gasteiger partial charge in [0.15, 0.2) is 11.5 Å². The van der Waals surface area contributed by atoms with Crippen LogP contribution in [-0.2, 0) is 16.1 Å². The number of hydrogen-bond donors (Lipinski definition) is 1. The molecule has 2 aliphatic rings. The molecule has 1 fully saturated rings. The van der Waals surface area contributed by atoms with Crippen LogP contribution in [0, 0.1) is 0 Å². The molecule has 5 rings (SSSR count). The number of likely N-dealkylation sites (tertiary alicyclic amines) is 1. The van der Waals surface area contributed by atoms with Gasteiger partial charge in [-0.05, 0) is 48.0 Å². The van der Waals surface area contributed by atoms with Crippen LogP contribution in [0.5, 0.6) is 17.2 Å². The van der Waals surface area contributed by atoms with Gasteiger partial charge in [-0.1, -0.05) is 24.8 Å². The van der Waals surface area contributed by atoms with E-state index in [4.69, 9.17) is 18.6 Å². The number of fused-ring (bicyclic) bond motifs is 1. The zero-order valence-corrected chi connectivity index (χ0v) is 18.8. The summed E-state index contributed by atoms with van der Waals surface area (Å²) in [4.78, 5) is 27.8. The van der Waals surface area contributed by atoms with Gasteiger partial charge in [-0.2, -0.15) is 0 Å². The van der Waals surface area contributed by atoms with Crippen LogP contribution < -0.4 is 14.2 Å². The molecule has 1 amide bonds. The van der Waals surface area contributed by atoms with E-state index in [1.54, 1.807) is 60.7 Å². The van der Waals surface area contributed by atoms with Crippen LogP contribution in [0.4, 0.5) is 0 Å². The lowest BCUT2D eigenvalue weighted by molar-refractivity contribution is -0.140. The van der Waals surface area contributed by atoms with Gasteiger partial charge in [-0.25, -0.2) is 0 Å². The molecule has 3 heterocycles. The SMILES string of the molecule is C=CCOc1cccc([C@@H]2C(=C(O)c3ccc4c(c3)OCCO4)C(=O)C(=O)N2Cc2ccco2)c1. The second kappa shape index (κ2) is 9.42. The highest BCUT2D eigenvalue weighted by Gasteiger charge is 2.46. The maximum Gasteiger partial charge on any atom is 0.296 e. The molecule has 1 saturated heterocycles. The highest BCUT2D eigenvalue weighted by Crippen LogP contribution is 2.42. The van der Waals surface area contributed by atoms with E-state index in [0.29, 0.717) is 54.0 Å². The van der Waals surface area contributed by atoms with Gasteiger partial charge in [0.05, 0.1) is 24.4 Å². The molecule has 1 aromatic heterocycles. The van der Waals surface area contributed by atoms with Crippen molar-refractivity contribution in [3.05, 3.63) is 96.0 Å². The third-order valence-corrected chi connectivity index (χ3v) is 5.80. The fourth-order valence-electron chi connectivity index (χ4n) is 4.24. The normalized spacial score (nSPS) is 18.5. The molecule has 0 aliphatic carbocycles. The molecule has 0 saturated carbocycles. The summed E-state index contributed by atoms with van der Waals surface area (Å²) in [5.41, 5.74) is 0.921. The quantitative estimate of drug-likeness (QED) is 0.237. The summed E-state index contributed by atoms with van der Waals surface area (Å²) in [6.07, 6.45) is 3.12. The summed E-state index contributed by atoms with van der Waals surface area (Å²) >= 11 is 0. The van der Waals surface area contributed by atoms with Crippen LogP contribution >= 0.6 is 0 Å². The Morgan fingerprint density at radius 3 is 2.69 bits per heavy atom. The van der Waals surface area contributed by atoms with E-state index < -0.39 is 17.7 Å². The summed E-state index contributed by atoms with van der Waals surface area (Å²) < 4.78 is 22.3. The van der Waals surface area contributed by atoms with Crippen molar-refractivity contribution in [1.29, 1.82) is 0 Å². The number of carbonyl (C=O) groups is 2. The van der Waals surface area contributed by atoms with Crippen LogP contribution in [0.1, 0.15) is 22.9 Å². The predicted octanol–water partition coefficient (Wildman–Crippen LogP) is 4.24. The summed E-state index contributed by atoms with van der Waals surface area (Å²) in [5, 5.41) is 11.3. The molecule has 8 nitrogen and oxygen atoms in total. The number of ketones is 1. The van der Waals surface area contributed by atoms with Gasteiger partial charge in [-0.15, -0.1) is 0 Å². The lowest BCUT2D eigenvalue weighted by Gasteiger charge is -2.25. The Kier molecular flexibility index (Phi) is 6.01. The predicted molar refractivity (Wildman–Crippen MR) is 126 cm³/mol. The smallest absolute Gasteiger partial charge is 0.296 e. The monoisotopic (exact) mass is 473 g/mol. The zero-order valence-electron chi connectivity index (χ0n) is 18.8. The van der Waals surface area contributed by atoms with Crippen molar-refractivity contribution < 1.29 is 33.3 Å². The van der Waals surface area contributed by atoms with Gasteiger partial charge < -0.3 is 28.6 Å². The molecule has 8 heteroatoms. The summed E-state index contributed by atoms with van der Waals surface area (Å²) in [6, 6.07) is 14.5. The molecule has 178 valence electrons. The number of aliphatic hydroxyl groups excluding tert-OH is 1. The molecule has 2 aromatic carbocycles. The molecule has 35 heavy (non-hydrogen) atoms. The van der Waals surface area contributed by atoms with E-state index in [1.165, 1.54) is 11.2 Å². The number of benzene rings is 2.